The van der Waals surface area contributed by atoms with Crippen molar-refractivity contribution in [2.45, 2.75) is 26.3 Å². The number of amides is 1. The van der Waals surface area contributed by atoms with E-state index in [1.807, 2.05) is 6.92 Å². The van der Waals surface area contributed by atoms with Crippen molar-refractivity contribution < 1.29 is 4.79 Å². The summed E-state index contributed by atoms with van der Waals surface area (Å²) in [5, 5.41) is 2.92. The summed E-state index contributed by atoms with van der Waals surface area (Å²) in [6.45, 7) is 4.19. The zero-order chi connectivity index (χ0) is 8.69. The summed E-state index contributed by atoms with van der Waals surface area (Å²) in [5.74, 6) is 5.21. The van der Waals surface area contributed by atoms with Crippen LogP contribution < -0.4 is 11.1 Å². The Hall–Kier alpha value is -1.01. The van der Waals surface area contributed by atoms with Crippen LogP contribution in [0.5, 0.6) is 0 Å². The second-order valence-electron chi connectivity index (χ2n) is 2.17. The molecule has 3 heteroatoms. The van der Waals surface area contributed by atoms with Crippen LogP contribution in [0.2, 0.25) is 0 Å². The summed E-state index contributed by atoms with van der Waals surface area (Å²) in [7, 11) is 0. The highest BCUT2D eigenvalue weighted by Gasteiger charge is 2.09. The van der Waals surface area contributed by atoms with Crippen LogP contribution in [-0.2, 0) is 4.79 Å². The number of hydrogen-bond acceptors (Lipinski definition) is 2. The second kappa shape index (κ2) is 5.75. The van der Waals surface area contributed by atoms with Gasteiger partial charge in [-0.15, -0.1) is 5.92 Å². The van der Waals surface area contributed by atoms with Crippen LogP contribution in [0, 0.1) is 11.8 Å². The third-order valence-electron chi connectivity index (χ3n) is 1.37. The van der Waals surface area contributed by atoms with Gasteiger partial charge in [-0.05, 0) is 13.3 Å². The monoisotopic (exact) mass is 154 g/mol. The summed E-state index contributed by atoms with van der Waals surface area (Å²) in [5.41, 5.74) is 5.08. The SMILES string of the molecule is CC#CCNC(CC)C(N)=O. The number of nitrogens with two attached hydrogens (primary N) is 1. The summed E-state index contributed by atoms with van der Waals surface area (Å²) in [6.07, 6.45) is 0.709. The molecule has 0 saturated carbocycles. The number of nitrogens with one attached hydrogen (secondary N) is 1. The molecule has 0 aliphatic carbocycles. The smallest absolute Gasteiger partial charge is 0.234 e. The molecule has 1 unspecified atom stereocenters. The summed E-state index contributed by atoms with van der Waals surface area (Å²) >= 11 is 0. The first kappa shape index (κ1) is 9.99. The van der Waals surface area contributed by atoms with Gasteiger partial charge >= 0.3 is 0 Å². The maximum Gasteiger partial charge on any atom is 0.234 e. The predicted octanol–water partition coefficient (Wildman–Crippen LogP) is -0.137. The average molecular weight is 154 g/mol. The van der Waals surface area contributed by atoms with Crippen molar-refractivity contribution in [3.05, 3.63) is 0 Å². The minimum atomic E-state index is -0.314. The molecule has 0 saturated heterocycles. The first-order valence-electron chi connectivity index (χ1n) is 3.64. The first-order valence-corrected chi connectivity index (χ1v) is 3.64. The Morgan fingerprint density at radius 1 is 1.73 bits per heavy atom. The quantitative estimate of drug-likeness (QED) is 0.554. The molecule has 62 valence electrons. The van der Waals surface area contributed by atoms with Gasteiger partial charge in [-0.2, -0.15) is 0 Å². The number of primary amides is 1. The zero-order valence-corrected chi connectivity index (χ0v) is 6.98. The standard InChI is InChI=1S/C8H14N2O/c1-3-5-6-10-7(4-2)8(9)11/h7,10H,4,6H2,1-2H3,(H2,9,11). The van der Waals surface area contributed by atoms with Crippen molar-refractivity contribution in [2.24, 2.45) is 5.73 Å². The van der Waals surface area contributed by atoms with E-state index in [4.69, 9.17) is 5.73 Å². The van der Waals surface area contributed by atoms with E-state index in [9.17, 15) is 4.79 Å². The highest BCUT2D eigenvalue weighted by atomic mass is 16.1. The highest BCUT2D eigenvalue weighted by molar-refractivity contribution is 5.79. The predicted molar refractivity (Wildman–Crippen MR) is 44.7 cm³/mol. The molecule has 0 aliphatic heterocycles. The van der Waals surface area contributed by atoms with Gasteiger partial charge in [0.2, 0.25) is 5.91 Å². The van der Waals surface area contributed by atoms with E-state index in [0.717, 1.165) is 0 Å². The van der Waals surface area contributed by atoms with Gasteiger partial charge in [-0.3, -0.25) is 10.1 Å². The first-order chi connectivity index (χ1) is 5.22. The Bertz CT molecular complexity index is 178. The van der Waals surface area contributed by atoms with Gasteiger partial charge in [-0.1, -0.05) is 12.8 Å². The van der Waals surface area contributed by atoms with E-state index in [1.54, 1.807) is 6.92 Å². The van der Waals surface area contributed by atoms with Crippen molar-refractivity contribution in [1.29, 1.82) is 0 Å². The van der Waals surface area contributed by atoms with Gasteiger partial charge in [0.15, 0.2) is 0 Å². The van der Waals surface area contributed by atoms with E-state index < -0.39 is 0 Å². The fourth-order valence-electron chi connectivity index (χ4n) is 0.709. The van der Waals surface area contributed by atoms with E-state index in [1.165, 1.54) is 0 Å². The van der Waals surface area contributed by atoms with Crippen LogP contribution in [0.25, 0.3) is 0 Å². The largest absolute Gasteiger partial charge is 0.368 e. The van der Waals surface area contributed by atoms with Gasteiger partial charge in [0.1, 0.15) is 0 Å². The molecule has 0 bridgehead atoms. The molecular formula is C8H14N2O. The molecule has 0 aliphatic rings. The van der Waals surface area contributed by atoms with Crippen molar-refractivity contribution in [3.63, 3.8) is 0 Å². The summed E-state index contributed by atoms with van der Waals surface area (Å²) in [4.78, 5) is 10.6. The van der Waals surface area contributed by atoms with Gasteiger partial charge < -0.3 is 5.73 Å². The fraction of sp³-hybridized carbons (Fsp3) is 0.625. The number of hydrogen-bond donors (Lipinski definition) is 2. The van der Waals surface area contributed by atoms with Crippen molar-refractivity contribution in [3.8, 4) is 11.8 Å². The molecular weight excluding hydrogens is 140 g/mol. The minimum Gasteiger partial charge on any atom is -0.368 e. The van der Waals surface area contributed by atoms with E-state index in [2.05, 4.69) is 17.2 Å². The topological polar surface area (TPSA) is 55.1 Å². The fourth-order valence-corrected chi connectivity index (χ4v) is 0.709. The summed E-state index contributed by atoms with van der Waals surface area (Å²) in [6, 6.07) is -0.240. The molecule has 0 radical (unpaired) electrons. The lowest BCUT2D eigenvalue weighted by molar-refractivity contribution is -0.120. The number of rotatable bonds is 4. The molecule has 0 heterocycles. The molecule has 0 spiro atoms. The van der Waals surface area contributed by atoms with Gasteiger partial charge in [0.25, 0.3) is 0 Å². The number of carbonyl (C=O) groups excluding carboxylic acids is 1. The molecule has 0 rings (SSSR count). The van der Waals surface area contributed by atoms with Crippen LogP contribution >= 0.6 is 0 Å². The van der Waals surface area contributed by atoms with E-state index >= 15 is 0 Å². The molecule has 11 heavy (non-hydrogen) atoms. The second-order valence-corrected chi connectivity index (χ2v) is 2.17. The van der Waals surface area contributed by atoms with Crippen molar-refractivity contribution >= 4 is 5.91 Å². The Labute approximate surface area is 67.3 Å². The molecule has 0 fully saturated rings. The average Bonchev–Trinajstić information content (AvgIpc) is 1.97. The van der Waals surface area contributed by atoms with E-state index in [-0.39, 0.29) is 11.9 Å². The third-order valence-corrected chi connectivity index (χ3v) is 1.37. The lowest BCUT2D eigenvalue weighted by Crippen LogP contribution is -2.40. The Balaban J connectivity index is 3.67. The Morgan fingerprint density at radius 2 is 2.36 bits per heavy atom. The van der Waals surface area contributed by atoms with Crippen LogP contribution in [-0.4, -0.2) is 18.5 Å². The molecule has 0 aromatic carbocycles. The molecule has 0 aromatic rings. The van der Waals surface area contributed by atoms with Gasteiger partial charge in [0, 0.05) is 0 Å². The Morgan fingerprint density at radius 3 is 2.73 bits per heavy atom. The van der Waals surface area contributed by atoms with Crippen LogP contribution in [0.1, 0.15) is 20.3 Å². The van der Waals surface area contributed by atoms with Crippen LogP contribution in [0.3, 0.4) is 0 Å². The molecule has 0 aromatic heterocycles. The van der Waals surface area contributed by atoms with E-state index in [0.29, 0.717) is 13.0 Å². The summed E-state index contributed by atoms with van der Waals surface area (Å²) < 4.78 is 0. The lowest BCUT2D eigenvalue weighted by atomic mass is 10.2. The van der Waals surface area contributed by atoms with Crippen molar-refractivity contribution in [2.75, 3.05) is 6.54 Å². The van der Waals surface area contributed by atoms with Crippen LogP contribution in [0.15, 0.2) is 0 Å². The Kier molecular flexibility index (Phi) is 5.22. The minimum absolute atomic E-state index is 0.240. The maximum atomic E-state index is 10.6. The molecule has 1 atom stereocenters. The maximum absolute atomic E-state index is 10.6. The number of carbonyl (C=O) groups is 1. The zero-order valence-electron chi connectivity index (χ0n) is 6.98. The highest BCUT2D eigenvalue weighted by Crippen LogP contribution is 1.86. The third kappa shape index (κ3) is 4.40. The van der Waals surface area contributed by atoms with Crippen LogP contribution in [0.4, 0.5) is 0 Å². The van der Waals surface area contributed by atoms with Crippen molar-refractivity contribution in [1.82, 2.24) is 5.32 Å². The molecule has 1 amide bonds. The normalized spacial score (nSPS) is 11.5. The molecule has 3 N–H and O–H groups in total. The lowest BCUT2D eigenvalue weighted by Gasteiger charge is -2.09. The molecule has 3 nitrogen and oxygen atoms in total. The van der Waals surface area contributed by atoms with Gasteiger partial charge in [-0.25, -0.2) is 0 Å². The van der Waals surface area contributed by atoms with Gasteiger partial charge in [0.05, 0.1) is 12.6 Å².